The van der Waals surface area contributed by atoms with E-state index in [9.17, 15) is 9.90 Å². The zero-order chi connectivity index (χ0) is 22.6. The first-order valence-electron chi connectivity index (χ1n) is 11.2. The lowest BCUT2D eigenvalue weighted by Crippen LogP contribution is -2.48. The summed E-state index contributed by atoms with van der Waals surface area (Å²) in [5, 5.41) is 9.38. The highest BCUT2D eigenvalue weighted by Gasteiger charge is 2.43. The third-order valence-electron chi connectivity index (χ3n) is 6.36. The molecule has 1 aliphatic heterocycles. The molecule has 5 nitrogen and oxygen atoms in total. The summed E-state index contributed by atoms with van der Waals surface area (Å²) in [5.41, 5.74) is 4.35. The van der Waals surface area contributed by atoms with Crippen molar-refractivity contribution >= 4 is 6.09 Å². The van der Waals surface area contributed by atoms with Gasteiger partial charge in [0.15, 0.2) is 0 Å². The number of rotatable bonds is 7. The summed E-state index contributed by atoms with van der Waals surface area (Å²) in [7, 11) is 0. The predicted octanol–water partition coefficient (Wildman–Crippen LogP) is 5.63. The number of aliphatic hydroxyl groups is 1. The summed E-state index contributed by atoms with van der Waals surface area (Å²) < 4.78 is 6.09. The number of aliphatic hydroxyl groups excluding tert-OH is 1. The molecule has 0 saturated carbocycles. The average molecular weight is 431 g/mol. The molecule has 0 spiro atoms. The van der Waals surface area contributed by atoms with Crippen LogP contribution in [-0.2, 0) is 10.3 Å². The maximum Gasteiger partial charge on any atom is 0.411 e. The Balaban J connectivity index is 1.51. The van der Waals surface area contributed by atoms with Crippen molar-refractivity contribution in [3.05, 3.63) is 89.6 Å². The van der Waals surface area contributed by atoms with Crippen molar-refractivity contribution in [3.8, 4) is 11.3 Å². The topological polar surface area (TPSA) is 62.7 Å². The van der Waals surface area contributed by atoms with E-state index < -0.39 is 5.60 Å². The summed E-state index contributed by atoms with van der Waals surface area (Å²) in [5.74, 6) is 0. The van der Waals surface area contributed by atoms with Gasteiger partial charge in [-0.25, -0.2) is 4.79 Å². The van der Waals surface area contributed by atoms with Crippen LogP contribution in [-0.4, -0.2) is 34.2 Å². The van der Waals surface area contributed by atoms with Crippen LogP contribution in [0.25, 0.3) is 11.3 Å². The molecule has 1 saturated heterocycles. The molecule has 0 bridgehead atoms. The molecule has 166 valence electrons. The first-order chi connectivity index (χ1) is 15.5. The Morgan fingerprint density at radius 2 is 1.81 bits per heavy atom. The monoisotopic (exact) mass is 430 g/mol. The highest BCUT2D eigenvalue weighted by Crippen LogP contribution is 2.40. The third-order valence-corrected chi connectivity index (χ3v) is 6.36. The quantitative estimate of drug-likeness (QED) is 0.528. The lowest BCUT2D eigenvalue weighted by molar-refractivity contribution is -0.0680. The van der Waals surface area contributed by atoms with Crippen LogP contribution in [0.4, 0.5) is 4.79 Å². The number of aromatic nitrogens is 1. The van der Waals surface area contributed by atoms with Crippen LogP contribution in [0.1, 0.15) is 49.0 Å². The number of hydrogen-bond acceptors (Lipinski definition) is 4. The van der Waals surface area contributed by atoms with E-state index in [-0.39, 0.29) is 18.7 Å². The number of cyclic esters (lactones) is 1. The molecular weight excluding hydrogens is 400 g/mol. The number of aryl methyl sites for hydroxylation is 1. The van der Waals surface area contributed by atoms with Crippen LogP contribution in [0, 0.1) is 6.92 Å². The summed E-state index contributed by atoms with van der Waals surface area (Å²) in [6.45, 7) is 4.69. The lowest BCUT2D eigenvalue weighted by Gasteiger charge is -2.43. The summed E-state index contributed by atoms with van der Waals surface area (Å²) in [4.78, 5) is 19.5. The fourth-order valence-electron chi connectivity index (χ4n) is 4.47. The molecule has 1 amide bonds. The number of carbonyl (C=O) groups is 1. The molecule has 1 N–H and O–H groups in total. The summed E-state index contributed by atoms with van der Waals surface area (Å²) in [6, 6.07) is 24.0. The average Bonchev–Trinajstić information content (AvgIpc) is 2.83. The number of amides is 1. The first kappa shape index (κ1) is 22.0. The highest BCUT2D eigenvalue weighted by atomic mass is 16.6. The Bertz CT molecular complexity index is 1050. The van der Waals surface area contributed by atoms with E-state index in [2.05, 4.69) is 29.2 Å². The Hall–Kier alpha value is -3.18. The van der Waals surface area contributed by atoms with Crippen molar-refractivity contribution in [1.82, 2.24) is 9.88 Å². The molecule has 0 unspecified atom stereocenters. The van der Waals surface area contributed by atoms with Crippen molar-refractivity contribution in [2.45, 2.75) is 44.8 Å². The van der Waals surface area contributed by atoms with Crippen molar-refractivity contribution in [3.63, 3.8) is 0 Å². The van der Waals surface area contributed by atoms with Gasteiger partial charge in [-0.15, -0.1) is 0 Å². The number of hydrogen-bond donors (Lipinski definition) is 1. The Morgan fingerprint density at radius 3 is 2.47 bits per heavy atom. The minimum Gasteiger partial charge on any atom is -0.438 e. The van der Waals surface area contributed by atoms with Crippen molar-refractivity contribution in [2.24, 2.45) is 0 Å². The van der Waals surface area contributed by atoms with Crippen LogP contribution < -0.4 is 0 Å². The van der Waals surface area contributed by atoms with Gasteiger partial charge in [-0.05, 0) is 49.9 Å². The van der Waals surface area contributed by atoms with Gasteiger partial charge in [0, 0.05) is 30.8 Å². The molecule has 2 aromatic carbocycles. The second-order valence-electron chi connectivity index (χ2n) is 8.46. The smallest absolute Gasteiger partial charge is 0.411 e. The second-order valence-corrected chi connectivity index (χ2v) is 8.46. The molecule has 1 fully saturated rings. The maximum atomic E-state index is 13.1. The largest absolute Gasteiger partial charge is 0.438 e. The van der Waals surface area contributed by atoms with Gasteiger partial charge in [0.2, 0.25) is 0 Å². The minimum atomic E-state index is -0.683. The van der Waals surface area contributed by atoms with Crippen LogP contribution in [0.3, 0.4) is 0 Å². The van der Waals surface area contributed by atoms with Gasteiger partial charge >= 0.3 is 6.09 Å². The van der Waals surface area contributed by atoms with Crippen LogP contribution in [0.2, 0.25) is 0 Å². The zero-order valence-corrected chi connectivity index (χ0v) is 18.7. The second kappa shape index (κ2) is 9.53. The summed E-state index contributed by atoms with van der Waals surface area (Å²) in [6.07, 6.45) is 1.58. The van der Waals surface area contributed by atoms with E-state index in [0.29, 0.717) is 25.8 Å². The number of benzene rings is 2. The molecule has 0 aliphatic carbocycles. The van der Waals surface area contributed by atoms with Crippen molar-refractivity contribution in [2.75, 3.05) is 13.2 Å². The van der Waals surface area contributed by atoms with Gasteiger partial charge in [0.05, 0.1) is 11.7 Å². The molecule has 1 aliphatic rings. The van der Waals surface area contributed by atoms with Crippen LogP contribution in [0.15, 0.2) is 72.8 Å². The van der Waals surface area contributed by atoms with E-state index in [1.54, 1.807) is 4.90 Å². The minimum absolute atomic E-state index is 0.0778. The number of pyridine rings is 1. The van der Waals surface area contributed by atoms with Gasteiger partial charge in [0.1, 0.15) is 5.60 Å². The molecule has 0 radical (unpaired) electrons. The molecule has 2 atom stereocenters. The fraction of sp³-hybridized carbons (Fsp3) is 0.333. The van der Waals surface area contributed by atoms with Gasteiger partial charge in [-0.3, -0.25) is 4.98 Å². The molecular formula is C27H30N2O3. The molecule has 4 rings (SSSR count). The van der Waals surface area contributed by atoms with E-state index in [4.69, 9.17) is 4.74 Å². The molecule has 3 aromatic rings. The number of carbonyl (C=O) groups excluding carboxylic acids is 1. The van der Waals surface area contributed by atoms with Crippen LogP contribution in [0.5, 0.6) is 0 Å². The predicted molar refractivity (Wildman–Crippen MR) is 125 cm³/mol. The zero-order valence-electron chi connectivity index (χ0n) is 18.7. The SMILES string of the molecule is Cc1cccc(-c2ccc([C@H](C)N3CC[C@](CCCO)(c4ccccc4)OC3=O)cc2)n1. The number of nitrogens with zero attached hydrogens (tertiary/aromatic N) is 2. The van der Waals surface area contributed by atoms with E-state index in [1.807, 2.05) is 62.4 Å². The standard InChI is InChI=1S/C27H30N2O3/c1-20-8-6-11-25(28-20)23-14-12-22(13-15-23)21(2)29-18-17-27(16-7-19-30,32-26(29)31)24-9-4-3-5-10-24/h3-6,8-15,21,30H,7,16-19H2,1-2H3/t21-,27+/m0/s1. The Kier molecular flexibility index (Phi) is 6.56. The van der Waals surface area contributed by atoms with E-state index in [0.717, 1.165) is 28.1 Å². The van der Waals surface area contributed by atoms with E-state index in [1.165, 1.54) is 0 Å². The fourth-order valence-corrected chi connectivity index (χ4v) is 4.47. The first-order valence-corrected chi connectivity index (χ1v) is 11.2. The van der Waals surface area contributed by atoms with Gasteiger partial charge in [-0.2, -0.15) is 0 Å². The molecule has 2 heterocycles. The third kappa shape index (κ3) is 4.53. The van der Waals surface area contributed by atoms with Crippen molar-refractivity contribution < 1.29 is 14.6 Å². The number of ether oxygens (including phenoxy) is 1. The molecule has 1 aromatic heterocycles. The van der Waals surface area contributed by atoms with E-state index >= 15 is 0 Å². The van der Waals surface area contributed by atoms with Gasteiger partial charge in [-0.1, -0.05) is 60.7 Å². The van der Waals surface area contributed by atoms with Gasteiger partial charge < -0.3 is 14.7 Å². The molecule has 32 heavy (non-hydrogen) atoms. The van der Waals surface area contributed by atoms with Crippen LogP contribution >= 0.6 is 0 Å². The Labute approximate surface area is 189 Å². The molecule has 5 heteroatoms. The summed E-state index contributed by atoms with van der Waals surface area (Å²) >= 11 is 0. The Morgan fingerprint density at radius 1 is 1.06 bits per heavy atom. The van der Waals surface area contributed by atoms with Crippen molar-refractivity contribution in [1.29, 1.82) is 0 Å². The van der Waals surface area contributed by atoms with Gasteiger partial charge in [0.25, 0.3) is 0 Å². The normalized spacial score (nSPS) is 19.5. The lowest BCUT2D eigenvalue weighted by atomic mass is 9.84. The maximum absolute atomic E-state index is 13.1. The highest BCUT2D eigenvalue weighted by molar-refractivity contribution is 5.70.